The van der Waals surface area contributed by atoms with Gasteiger partial charge >= 0.3 is 0 Å². The van der Waals surface area contributed by atoms with Crippen molar-refractivity contribution in [3.8, 4) is 0 Å². The molecule has 1 heterocycles. The summed E-state index contributed by atoms with van der Waals surface area (Å²) in [5.74, 6) is -0.206. The Bertz CT molecular complexity index is 811. The van der Waals surface area contributed by atoms with Gasteiger partial charge in [0.2, 0.25) is 10.0 Å². The summed E-state index contributed by atoms with van der Waals surface area (Å²) >= 11 is 1.50. The number of carbonyl (C=O) groups excluding carboxylic acids is 1. The summed E-state index contributed by atoms with van der Waals surface area (Å²) < 4.78 is 27.5. The minimum absolute atomic E-state index is 0.111. The highest BCUT2D eigenvalue weighted by molar-refractivity contribution is 7.89. The average molecular weight is 379 g/mol. The molecule has 0 bridgehead atoms. The summed E-state index contributed by atoms with van der Waals surface area (Å²) in [5.41, 5.74) is 0.379. The minimum Gasteiger partial charge on any atom is -0.349 e. The molecule has 2 N–H and O–H groups in total. The summed E-state index contributed by atoms with van der Waals surface area (Å²) in [7, 11) is -3.65. The fraction of sp³-hybridized carbons (Fsp3) is 0.389. The van der Waals surface area contributed by atoms with Crippen molar-refractivity contribution in [2.24, 2.45) is 0 Å². The molecule has 7 heteroatoms. The lowest BCUT2D eigenvalue weighted by Gasteiger charge is -2.22. The van der Waals surface area contributed by atoms with Gasteiger partial charge in [0.15, 0.2) is 0 Å². The van der Waals surface area contributed by atoms with Gasteiger partial charge in [-0.1, -0.05) is 31.4 Å². The van der Waals surface area contributed by atoms with Gasteiger partial charge in [0, 0.05) is 23.0 Å². The monoisotopic (exact) mass is 378 g/mol. The number of benzene rings is 1. The minimum atomic E-state index is -3.65. The van der Waals surface area contributed by atoms with Crippen LogP contribution in [0.3, 0.4) is 0 Å². The standard InChI is InChI=1S/C18H22N2O3S2/c21-18(20-15-7-2-1-3-8-15)14-6-4-10-17(12-14)25(22,23)19-13-16-9-5-11-24-16/h4-6,9-12,15,19H,1-3,7-8,13H2,(H,20,21). The molecule has 0 atom stereocenters. The highest BCUT2D eigenvalue weighted by Gasteiger charge is 2.19. The third-order valence-electron chi connectivity index (χ3n) is 4.36. The molecule has 1 fully saturated rings. The van der Waals surface area contributed by atoms with E-state index in [0.717, 1.165) is 30.6 Å². The smallest absolute Gasteiger partial charge is 0.251 e. The van der Waals surface area contributed by atoms with Crippen LogP contribution < -0.4 is 10.0 Å². The summed E-state index contributed by atoms with van der Waals surface area (Å²) in [6.07, 6.45) is 5.46. The Kier molecular flexibility index (Phi) is 5.88. The SMILES string of the molecule is O=C(NC1CCCCC1)c1cccc(S(=O)(=O)NCc2cccs2)c1. The molecule has 1 amide bonds. The van der Waals surface area contributed by atoms with E-state index in [1.54, 1.807) is 12.1 Å². The van der Waals surface area contributed by atoms with Gasteiger partial charge in [0.05, 0.1) is 4.90 Å². The summed E-state index contributed by atoms with van der Waals surface area (Å²) in [6, 6.07) is 10.2. The fourth-order valence-electron chi connectivity index (χ4n) is 2.98. The van der Waals surface area contributed by atoms with Crippen LogP contribution in [0.15, 0.2) is 46.7 Å². The van der Waals surface area contributed by atoms with Crippen molar-refractivity contribution in [1.29, 1.82) is 0 Å². The van der Waals surface area contributed by atoms with Gasteiger partial charge in [-0.3, -0.25) is 4.79 Å². The molecule has 2 aromatic rings. The summed E-state index contributed by atoms with van der Waals surface area (Å²) in [5, 5.41) is 4.92. The number of rotatable bonds is 6. The predicted molar refractivity (Wildman–Crippen MR) is 99.1 cm³/mol. The van der Waals surface area contributed by atoms with E-state index in [9.17, 15) is 13.2 Å². The van der Waals surface area contributed by atoms with Crippen molar-refractivity contribution >= 4 is 27.3 Å². The van der Waals surface area contributed by atoms with Crippen LogP contribution >= 0.6 is 11.3 Å². The molecule has 1 aliphatic carbocycles. The van der Waals surface area contributed by atoms with Crippen molar-refractivity contribution in [2.45, 2.75) is 49.6 Å². The van der Waals surface area contributed by atoms with Crippen LogP contribution in [0.4, 0.5) is 0 Å². The van der Waals surface area contributed by atoms with E-state index >= 15 is 0 Å². The van der Waals surface area contributed by atoms with Crippen molar-refractivity contribution in [3.63, 3.8) is 0 Å². The molecular formula is C18H22N2O3S2. The Morgan fingerprint density at radius 2 is 1.92 bits per heavy atom. The lowest BCUT2D eigenvalue weighted by atomic mass is 9.95. The van der Waals surface area contributed by atoms with Crippen molar-refractivity contribution in [1.82, 2.24) is 10.0 Å². The van der Waals surface area contributed by atoms with Gasteiger partial charge in [-0.15, -0.1) is 11.3 Å². The van der Waals surface area contributed by atoms with Crippen LogP contribution in [0.5, 0.6) is 0 Å². The topological polar surface area (TPSA) is 75.3 Å². The molecule has 1 aliphatic rings. The maximum absolute atomic E-state index is 12.5. The summed E-state index contributed by atoms with van der Waals surface area (Å²) in [6.45, 7) is 0.249. The number of thiophene rings is 1. The predicted octanol–water partition coefficient (Wildman–Crippen LogP) is 3.29. The zero-order chi connectivity index (χ0) is 17.7. The molecular weight excluding hydrogens is 356 g/mol. The molecule has 0 spiro atoms. The van der Waals surface area contributed by atoms with Crippen LogP contribution in [0.2, 0.25) is 0 Å². The Morgan fingerprint density at radius 1 is 1.12 bits per heavy atom. The molecule has 134 valence electrons. The van der Waals surface area contributed by atoms with Gasteiger partial charge in [0.1, 0.15) is 0 Å². The van der Waals surface area contributed by atoms with Gasteiger partial charge in [0.25, 0.3) is 5.91 Å². The Morgan fingerprint density at radius 3 is 2.64 bits per heavy atom. The maximum atomic E-state index is 12.5. The van der Waals surface area contributed by atoms with Crippen LogP contribution in [-0.4, -0.2) is 20.4 Å². The van der Waals surface area contributed by atoms with E-state index in [1.807, 2.05) is 17.5 Å². The molecule has 0 saturated heterocycles. The highest BCUT2D eigenvalue weighted by Crippen LogP contribution is 2.19. The first-order chi connectivity index (χ1) is 12.0. The first kappa shape index (κ1) is 18.1. The number of carbonyl (C=O) groups is 1. The van der Waals surface area contributed by atoms with Crippen molar-refractivity contribution in [2.75, 3.05) is 0 Å². The Hall–Kier alpha value is -1.70. The number of amides is 1. The number of hydrogen-bond donors (Lipinski definition) is 2. The second kappa shape index (κ2) is 8.12. The molecule has 1 aromatic carbocycles. The largest absolute Gasteiger partial charge is 0.349 e. The van der Waals surface area contributed by atoms with E-state index in [0.29, 0.717) is 5.56 Å². The molecule has 0 unspecified atom stereocenters. The lowest BCUT2D eigenvalue weighted by Crippen LogP contribution is -2.36. The molecule has 0 radical (unpaired) electrons. The van der Waals surface area contributed by atoms with Gasteiger partial charge in [-0.05, 0) is 42.5 Å². The van der Waals surface area contributed by atoms with Gasteiger partial charge in [-0.2, -0.15) is 0 Å². The molecule has 1 saturated carbocycles. The lowest BCUT2D eigenvalue weighted by molar-refractivity contribution is 0.0927. The van der Waals surface area contributed by atoms with Crippen LogP contribution in [0.1, 0.15) is 47.3 Å². The van der Waals surface area contributed by atoms with Crippen LogP contribution in [-0.2, 0) is 16.6 Å². The van der Waals surface area contributed by atoms with E-state index in [4.69, 9.17) is 0 Å². The second-order valence-electron chi connectivity index (χ2n) is 6.24. The van der Waals surface area contributed by atoms with Crippen molar-refractivity contribution < 1.29 is 13.2 Å². The quantitative estimate of drug-likeness (QED) is 0.810. The van der Waals surface area contributed by atoms with E-state index < -0.39 is 10.0 Å². The molecule has 25 heavy (non-hydrogen) atoms. The first-order valence-corrected chi connectivity index (χ1v) is 10.8. The highest BCUT2D eigenvalue weighted by atomic mass is 32.2. The molecule has 5 nitrogen and oxygen atoms in total. The van der Waals surface area contributed by atoms with Crippen molar-refractivity contribution in [3.05, 3.63) is 52.2 Å². The average Bonchev–Trinajstić information content (AvgIpc) is 3.15. The normalized spacial score (nSPS) is 15.8. The third kappa shape index (κ3) is 4.90. The number of sulfonamides is 1. The zero-order valence-corrected chi connectivity index (χ0v) is 15.5. The Balaban J connectivity index is 1.68. The Labute approximate surface area is 152 Å². The van der Waals surface area contributed by atoms with E-state index in [1.165, 1.54) is 29.9 Å². The van der Waals surface area contributed by atoms with Gasteiger partial charge < -0.3 is 5.32 Å². The third-order valence-corrected chi connectivity index (χ3v) is 6.64. The number of hydrogen-bond acceptors (Lipinski definition) is 4. The maximum Gasteiger partial charge on any atom is 0.251 e. The fourth-order valence-corrected chi connectivity index (χ4v) is 4.77. The van der Waals surface area contributed by atoms with E-state index in [-0.39, 0.29) is 23.4 Å². The zero-order valence-electron chi connectivity index (χ0n) is 13.9. The van der Waals surface area contributed by atoms with Gasteiger partial charge in [-0.25, -0.2) is 13.1 Å². The van der Waals surface area contributed by atoms with Crippen LogP contribution in [0.25, 0.3) is 0 Å². The molecule has 0 aliphatic heterocycles. The van der Waals surface area contributed by atoms with Crippen LogP contribution in [0, 0.1) is 0 Å². The molecule has 1 aromatic heterocycles. The van der Waals surface area contributed by atoms with E-state index in [2.05, 4.69) is 10.0 Å². The number of nitrogens with one attached hydrogen (secondary N) is 2. The second-order valence-corrected chi connectivity index (χ2v) is 9.04. The summed E-state index contributed by atoms with van der Waals surface area (Å²) in [4.78, 5) is 13.5. The first-order valence-electron chi connectivity index (χ1n) is 8.47. The molecule has 3 rings (SSSR count).